The number of carbonyl (C=O) groups is 1. The molecule has 0 unspecified atom stereocenters. The van der Waals surface area contributed by atoms with Gasteiger partial charge in [-0.3, -0.25) is 9.36 Å². The molecule has 150 valence electrons. The van der Waals surface area contributed by atoms with Gasteiger partial charge in [-0.25, -0.2) is 9.97 Å². The Kier molecular flexibility index (Phi) is 5.60. The van der Waals surface area contributed by atoms with Gasteiger partial charge in [-0.1, -0.05) is 38.1 Å². The number of benzene rings is 1. The molecule has 0 saturated carbocycles. The van der Waals surface area contributed by atoms with Crippen LogP contribution >= 0.6 is 0 Å². The van der Waals surface area contributed by atoms with E-state index in [1.165, 1.54) is 0 Å². The van der Waals surface area contributed by atoms with Crippen LogP contribution in [0.1, 0.15) is 50.2 Å². The van der Waals surface area contributed by atoms with Crippen LogP contribution in [0.2, 0.25) is 0 Å². The SMILES string of the molecule is CC(C)c1nccn1-c1cccc([C@@H]2CCCN2C(=O)COc2ccccc2)n1. The number of para-hydroxylation sites is 1. The van der Waals surface area contributed by atoms with Crippen LogP contribution in [0.25, 0.3) is 5.82 Å². The second-order valence-corrected chi connectivity index (χ2v) is 7.58. The standard InChI is InChI=1S/C23H26N4O2/c1-17(2)23-24-13-15-27(23)21-12-6-10-19(25-21)20-11-7-14-26(20)22(28)16-29-18-8-4-3-5-9-18/h3-6,8-10,12-13,15,17,20H,7,11,14,16H2,1-2H3/t20-/m0/s1. The van der Waals surface area contributed by atoms with Crippen LogP contribution in [-0.2, 0) is 4.79 Å². The first-order valence-electron chi connectivity index (χ1n) is 10.1. The number of amides is 1. The fraction of sp³-hybridized carbons (Fsp3) is 0.348. The van der Waals surface area contributed by atoms with Crippen molar-refractivity contribution in [3.63, 3.8) is 0 Å². The molecule has 1 amide bonds. The van der Waals surface area contributed by atoms with Gasteiger partial charge in [0.05, 0.1) is 11.7 Å². The number of hydrogen-bond donors (Lipinski definition) is 0. The summed E-state index contributed by atoms with van der Waals surface area (Å²) in [4.78, 5) is 24.0. The molecular formula is C23H26N4O2. The zero-order valence-corrected chi connectivity index (χ0v) is 16.9. The average Bonchev–Trinajstić information content (AvgIpc) is 3.42. The van der Waals surface area contributed by atoms with Gasteiger partial charge in [-0.05, 0) is 37.1 Å². The topological polar surface area (TPSA) is 60.2 Å². The highest BCUT2D eigenvalue weighted by Gasteiger charge is 2.31. The summed E-state index contributed by atoms with van der Waals surface area (Å²) >= 11 is 0. The van der Waals surface area contributed by atoms with Gasteiger partial charge in [-0.15, -0.1) is 0 Å². The molecule has 3 aromatic rings. The maximum Gasteiger partial charge on any atom is 0.261 e. The largest absolute Gasteiger partial charge is 0.484 e. The molecule has 0 spiro atoms. The van der Waals surface area contributed by atoms with Crippen LogP contribution < -0.4 is 4.74 Å². The summed E-state index contributed by atoms with van der Waals surface area (Å²) in [6, 6.07) is 15.4. The summed E-state index contributed by atoms with van der Waals surface area (Å²) < 4.78 is 7.69. The van der Waals surface area contributed by atoms with Gasteiger partial charge in [0, 0.05) is 24.9 Å². The number of aromatic nitrogens is 3. The molecule has 1 aromatic carbocycles. The van der Waals surface area contributed by atoms with Crippen LogP contribution in [0.15, 0.2) is 60.9 Å². The van der Waals surface area contributed by atoms with Gasteiger partial charge in [0.15, 0.2) is 6.61 Å². The molecule has 0 aliphatic carbocycles. The molecule has 1 fully saturated rings. The maximum atomic E-state index is 12.8. The Balaban J connectivity index is 1.51. The summed E-state index contributed by atoms with van der Waals surface area (Å²) in [7, 11) is 0. The summed E-state index contributed by atoms with van der Waals surface area (Å²) in [6.45, 7) is 5.01. The van der Waals surface area contributed by atoms with Crippen LogP contribution in [0.3, 0.4) is 0 Å². The van der Waals surface area contributed by atoms with Crippen LogP contribution in [0.4, 0.5) is 0 Å². The Bertz CT molecular complexity index is 968. The number of hydrogen-bond acceptors (Lipinski definition) is 4. The molecule has 29 heavy (non-hydrogen) atoms. The van der Waals surface area contributed by atoms with Gasteiger partial charge in [0.1, 0.15) is 17.4 Å². The van der Waals surface area contributed by atoms with E-state index in [1.54, 1.807) is 6.20 Å². The van der Waals surface area contributed by atoms with Gasteiger partial charge in [0.25, 0.3) is 5.91 Å². The number of ether oxygens (including phenoxy) is 1. The Morgan fingerprint density at radius 2 is 2.00 bits per heavy atom. The number of imidazole rings is 1. The van der Waals surface area contributed by atoms with Crippen molar-refractivity contribution in [3.8, 4) is 11.6 Å². The molecule has 1 aliphatic heterocycles. The van der Waals surface area contributed by atoms with E-state index in [2.05, 4.69) is 18.8 Å². The average molecular weight is 390 g/mol. The van der Waals surface area contributed by atoms with Crippen molar-refractivity contribution in [2.24, 2.45) is 0 Å². The summed E-state index contributed by atoms with van der Waals surface area (Å²) in [5, 5.41) is 0. The van der Waals surface area contributed by atoms with E-state index in [4.69, 9.17) is 9.72 Å². The van der Waals surface area contributed by atoms with Crippen molar-refractivity contribution in [1.29, 1.82) is 0 Å². The van der Waals surface area contributed by atoms with Crippen molar-refractivity contribution in [1.82, 2.24) is 19.4 Å². The Labute approximate surface area is 171 Å². The smallest absolute Gasteiger partial charge is 0.261 e. The predicted molar refractivity (Wildman–Crippen MR) is 111 cm³/mol. The number of nitrogens with zero attached hydrogens (tertiary/aromatic N) is 4. The van der Waals surface area contributed by atoms with E-state index in [9.17, 15) is 4.79 Å². The number of pyridine rings is 1. The van der Waals surface area contributed by atoms with E-state index >= 15 is 0 Å². The second kappa shape index (κ2) is 8.47. The fourth-order valence-electron chi connectivity index (χ4n) is 3.81. The molecule has 0 bridgehead atoms. The zero-order valence-electron chi connectivity index (χ0n) is 16.9. The lowest BCUT2D eigenvalue weighted by Gasteiger charge is -2.25. The highest BCUT2D eigenvalue weighted by atomic mass is 16.5. The lowest BCUT2D eigenvalue weighted by molar-refractivity contribution is -0.134. The van der Waals surface area contributed by atoms with Gasteiger partial charge < -0.3 is 9.64 Å². The minimum absolute atomic E-state index is 0.00550. The second-order valence-electron chi connectivity index (χ2n) is 7.58. The first kappa shape index (κ1) is 19.2. The van der Waals surface area contributed by atoms with Gasteiger partial charge >= 0.3 is 0 Å². The third-order valence-corrected chi connectivity index (χ3v) is 5.21. The van der Waals surface area contributed by atoms with Crippen molar-refractivity contribution in [2.45, 2.75) is 38.6 Å². The van der Waals surface area contributed by atoms with E-state index in [0.717, 1.165) is 36.7 Å². The minimum atomic E-state index is -0.0205. The molecule has 6 heteroatoms. The monoisotopic (exact) mass is 390 g/mol. The number of likely N-dealkylation sites (tertiary alicyclic amines) is 1. The van der Waals surface area contributed by atoms with E-state index < -0.39 is 0 Å². The van der Waals surface area contributed by atoms with Gasteiger partial charge in [0.2, 0.25) is 0 Å². The molecule has 4 rings (SSSR count). The first-order valence-corrected chi connectivity index (χ1v) is 10.1. The van der Waals surface area contributed by atoms with Crippen LogP contribution in [0, 0.1) is 0 Å². The Hall–Kier alpha value is -3.15. The third-order valence-electron chi connectivity index (χ3n) is 5.21. The van der Waals surface area contributed by atoms with E-state index in [-0.39, 0.29) is 18.6 Å². The Morgan fingerprint density at radius 3 is 2.79 bits per heavy atom. The summed E-state index contributed by atoms with van der Waals surface area (Å²) in [5.41, 5.74) is 0.913. The molecule has 2 aromatic heterocycles. The van der Waals surface area contributed by atoms with E-state index in [0.29, 0.717) is 11.7 Å². The molecule has 3 heterocycles. The van der Waals surface area contributed by atoms with Crippen LogP contribution in [0.5, 0.6) is 5.75 Å². The minimum Gasteiger partial charge on any atom is -0.484 e. The quantitative estimate of drug-likeness (QED) is 0.635. The third kappa shape index (κ3) is 4.16. The lowest BCUT2D eigenvalue weighted by atomic mass is 10.1. The van der Waals surface area contributed by atoms with Crippen molar-refractivity contribution < 1.29 is 9.53 Å². The maximum absolute atomic E-state index is 12.8. The number of rotatable bonds is 6. The van der Waals surface area contributed by atoms with Crippen molar-refractivity contribution >= 4 is 5.91 Å². The predicted octanol–water partition coefficient (Wildman–Crippen LogP) is 4.13. The van der Waals surface area contributed by atoms with E-state index in [1.807, 2.05) is 64.2 Å². The zero-order chi connectivity index (χ0) is 20.2. The molecule has 6 nitrogen and oxygen atoms in total. The highest BCUT2D eigenvalue weighted by Crippen LogP contribution is 2.31. The Morgan fingerprint density at radius 1 is 1.17 bits per heavy atom. The molecular weight excluding hydrogens is 364 g/mol. The van der Waals surface area contributed by atoms with Crippen LogP contribution in [-0.4, -0.2) is 38.5 Å². The highest BCUT2D eigenvalue weighted by molar-refractivity contribution is 5.78. The number of carbonyl (C=O) groups excluding carboxylic acids is 1. The molecule has 0 radical (unpaired) electrons. The fourth-order valence-corrected chi connectivity index (χ4v) is 3.81. The summed E-state index contributed by atoms with van der Waals surface area (Å²) in [5.74, 6) is 2.82. The van der Waals surface area contributed by atoms with Gasteiger partial charge in [-0.2, -0.15) is 0 Å². The lowest BCUT2D eigenvalue weighted by Crippen LogP contribution is -2.34. The molecule has 1 atom stereocenters. The summed E-state index contributed by atoms with van der Waals surface area (Å²) in [6.07, 6.45) is 5.62. The van der Waals surface area contributed by atoms with Crippen molar-refractivity contribution in [3.05, 3.63) is 72.4 Å². The molecule has 0 N–H and O–H groups in total. The van der Waals surface area contributed by atoms with Crippen molar-refractivity contribution in [2.75, 3.05) is 13.2 Å². The molecule has 1 aliphatic rings. The molecule has 1 saturated heterocycles. The normalized spacial score (nSPS) is 16.4. The first-order chi connectivity index (χ1) is 14.1.